The van der Waals surface area contributed by atoms with E-state index in [1.165, 1.54) is 22.7 Å². The maximum Gasteiger partial charge on any atom is 0.410 e. The van der Waals surface area contributed by atoms with Gasteiger partial charge in [-0.25, -0.2) is 14.0 Å². The van der Waals surface area contributed by atoms with Crippen molar-refractivity contribution < 1.29 is 18.7 Å². The topological polar surface area (TPSA) is 43.1 Å². The predicted octanol–water partition coefficient (Wildman–Crippen LogP) is 6.26. The average molecular weight is 402 g/mol. The molecule has 0 saturated carbocycles. The smallest absolute Gasteiger partial charge is 0.410 e. The first-order valence-electron chi connectivity index (χ1n) is 8.59. The first kappa shape index (κ1) is 21.6. The Morgan fingerprint density at radius 2 is 1.96 bits per heavy atom. The highest BCUT2D eigenvalue weighted by Gasteiger charge is 2.21. The highest BCUT2D eigenvalue weighted by atomic mass is 32.2. The standard InChI is InChI=1S/C21H23FN2O3S/c1-21(2,3)27-20(25)24(5)13-14-11-15(23-4)7-9-18(14)26-16-8-10-19(28-6)17(22)12-16/h7-12H,13H2,1-3,5-6H3. The summed E-state index contributed by atoms with van der Waals surface area (Å²) in [4.78, 5) is 17.6. The Kier molecular flexibility index (Phi) is 6.92. The number of carbonyl (C=O) groups is 1. The van der Waals surface area contributed by atoms with Crippen molar-refractivity contribution in [1.29, 1.82) is 0 Å². The molecule has 0 bridgehead atoms. The van der Waals surface area contributed by atoms with E-state index in [4.69, 9.17) is 16.0 Å². The Balaban J connectivity index is 2.27. The summed E-state index contributed by atoms with van der Waals surface area (Å²) in [5, 5.41) is 0. The van der Waals surface area contributed by atoms with Gasteiger partial charge in [0.1, 0.15) is 22.9 Å². The zero-order valence-electron chi connectivity index (χ0n) is 16.6. The van der Waals surface area contributed by atoms with Crippen molar-refractivity contribution in [2.24, 2.45) is 0 Å². The quantitative estimate of drug-likeness (QED) is 0.437. The van der Waals surface area contributed by atoms with Crippen LogP contribution in [0.5, 0.6) is 11.5 Å². The van der Waals surface area contributed by atoms with Crippen LogP contribution in [-0.2, 0) is 11.3 Å². The molecule has 1 amide bonds. The maximum absolute atomic E-state index is 14.0. The molecule has 2 aromatic rings. The van der Waals surface area contributed by atoms with Crippen LogP contribution >= 0.6 is 11.8 Å². The van der Waals surface area contributed by atoms with E-state index in [1.54, 1.807) is 64.4 Å². The zero-order chi connectivity index (χ0) is 20.9. The molecular weight excluding hydrogens is 379 g/mol. The number of hydrogen-bond donors (Lipinski definition) is 0. The number of hydrogen-bond acceptors (Lipinski definition) is 4. The Bertz CT molecular complexity index is 903. The molecule has 0 atom stereocenters. The molecule has 28 heavy (non-hydrogen) atoms. The van der Waals surface area contributed by atoms with Crippen molar-refractivity contribution in [2.45, 2.75) is 37.8 Å². The van der Waals surface area contributed by atoms with E-state index >= 15 is 0 Å². The van der Waals surface area contributed by atoms with Gasteiger partial charge in [0, 0.05) is 23.6 Å². The number of nitrogens with zero attached hydrogens (tertiary/aromatic N) is 2. The van der Waals surface area contributed by atoms with Gasteiger partial charge >= 0.3 is 6.09 Å². The van der Waals surface area contributed by atoms with Gasteiger partial charge in [-0.05, 0) is 51.3 Å². The molecule has 148 valence electrons. The number of amides is 1. The molecule has 0 aromatic heterocycles. The summed E-state index contributed by atoms with van der Waals surface area (Å²) in [7, 11) is 1.61. The number of benzene rings is 2. The van der Waals surface area contributed by atoms with Crippen LogP contribution in [0.1, 0.15) is 26.3 Å². The van der Waals surface area contributed by atoms with E-state index in [9.17, 15) is 9.18 Å². The van der Waals surface area contributed by atoms with Gasteiger partial charge in [-0.1, -0.05) is 6.07 Å². The molecule has 0 heterocycles. The number of halogens is 1. The molecule has 2 aromatic carbocycles. The molecule has 0 aliphatic heterocycles. The molecular formula is C21H23FN2O3S. The van der Waals surface area contributed by atoms with Crippen molar-refractivity contribution in [3.05, 3.63) is 59.2 Å². The molecule has 0 aliphatic rings. The summed E-state index contributed by atoms with van der Waals surface area (Å²) in [6.07, 6.45) is 1.31. The highest BCUT2D eigenvalue weighted by molar-refractivity contribution is 7.98. The predicted molar refractivity (Wildman–Crippen MR) is 109 cm³/mol. The van der Waals surface area contributed by atoms with Crippen molar-refractivity contribution in [1.82, 2.24) is 4.90 Å². The molecule has 0 saturated heterocycles. The minimum absolute atomic E-state index is 0.180. The van der Waals surface area contributed by atoms with Gasteiger partial charge in [-0.3, -0.25) is 0 Å². The van der Waals surface area contributed by atoms with E-state index in [0.717, 1.165) is 0 Å². The van der Waals surface area contributed by atoms with Crippen LogP contribution in [0.25, 0.3) is 4.85 Å². The second-order valence-corrected chi connectivity index (χ2v) is 7.99. The van der Waals surface area contributed by atoms with Gasteiger partial charge in [-0.15, -0.1) is 11.8 Å². The molecule has 2 rings (SSSR count). The fourth-order valence-corrected chi connectivity index (χ4v) is 2.81. The zero-order valence-corrected chi connectivity index (χ0v) is 17.4. The summed E-state index contributed by atoms with van der Waals surface area (Å²) >= 11 is 1.31. The summed E-state index contributed by atoms with van der Waals surface area (Å²) in [6, 6.07) is 9.55. The minimum Gasteiger partial charge on any atom is -0.457 e. The fourth-order valence-electron chi connectivity index (χ4n) is 2.36. The molecule has 5 nitrogen and oxygen atoms in total. The van der Waals surface area contributed by atoms with Gasteiger partial charge in [0.2, 0.25) is 0 Å². The number of ether oxygens (including phenoxy) is 2. The fraction of sp³-hybridized carbons (Fsp3) is 0.333. The lowest BCUT2D eigenvalue weighted by atomic mass is 10.1. The van der Waals surface area contributed by atoms with Gasteiger partial charge in [0.05, 0.1) is 13.1 Å². The molecule has 0 N–H and O–H groups in total. The van der Waals surface area contributed by atoms with Crippen molar-refractivity contribution in [3.8, 4) is 11.5 Å². The van der Waals surface area contributed by atoms with Crippen molar-refractivity contribution in [3.63, 3.8) is 0 Å². The van der Waals surface area contributed by atoms with Gasteiger partial charge < -0.3 is 14.4 Å². The van der Waals surface area contributed by atoms with E-state index in [0.29, 0.717) is 27.6 Å². The van der Waals surface area contributed by atoms with Gasteiger partial charge in [0.15, 0.2) is 5.69 Å². The third kappa shape index (κ3) is 5.89. The molecule has 0 spiro atoms. The van der Waals surface area contributed by atoms with Crippen LogP contribution in [0.4, 0.5) is 14.9 Å². The lowest BCUT2D eigenvalue weighted by Crippen LogP contribution is -2.33. The molecule has 0 unspecified atom stereocenters. The van der Waals surface area contributed by atoms with E-state index in [1.807, 2.05) is 0 Å². The Labute approximate surface area is 169 Å². The van der Waals surface area contributed by atoms with E-state index < -0.39 is 11.7 Å². The van der Waals surface area contributed by atoms with Crippen LogP contribution in [0.2, 0.25) is 0 Å². The van der Waals surface area contributed by atoms with Gasteiger partial charge in [0.25, 0.3) is 0 Å². The lowest BCUT2D eigenvalue weighted by Gasteiger charge is -2.25. The first-order chi connectivity index (χ1) is 13.1. The Morgan fingerprint density at radius 1 is 1.25 bits per heavy atom. The monoisotopic (exact) mass is 402 g/mol. The SMILES string of the molecule is [C-]#[N+]c1ccc(Oc2ccc(SC)c(F)c2)c(CN(C)C(=O)OC(C)(C)C)c1. The van der Waals surface area contributed by atoms with Crippen molar-refractivity contribution in [2.75, 3.05) is 13.3 Å². The van der Waals surface area contributed by atoms with Crippen LogP contribution in [0.3, 0.4) is 0 Å². The largest absolute Gasteiger partial charge is 0.457 e. The second-order valence-electron chi connectivity index (χ2n) is 7.14. The maximum atomic E-state index is 14.0. The molecule has 7 heteroatoms. The van der Waals surface area contributed by atoms with Crippen LogP contribution in [0.15, 0.2) is 41.3 Å². The molecule has 0 radical (unpaired) electrons. The van der Waals surface area contributed by atoms with Crippen molar-refractivity contribution >= 4 is 23.5 Å². The molecule has 0 fully saturated rings. The van der Waals surface area contributed by atoms with Crippen LogP contribution < -0.4 is 4.74 Å². The van der Waals surface area contributed by atoms with Crippen LogP contribution in [-0.4, -0.2) is 29.9 Å². The summed E-state index contributed by atoms with van der Waals surface area (Å²) in [5.41, 5.74) is 0.430. The minimum atomic E-state index is -0.612. The van der Waals surface area contributed by atoms with Crippen LogP contribution in [0, 0.1) is 12.4 Å². The number of thioether (sulfide) groups is 1. The number of carbonyl (C=O) groups excluding carboxylic acids is 1. The Hall–Kier alpha value is -2.72. The third-order valence-corrected chi connectivity index (χ3v) is 4.41. The molecule has 0 aliphatic carbocycles. The average Bonchev–Trinajstić information content (AvgIpc) is 2.61. The van der Waals surface area contributed by atoms with Gasteiger partial charge in [-0.2, -0.15) is 0 Å². The summed E-state index contributed by atoms with van der Waals surface area (Å²) < 4.78 is 25.2. The normalized spacial score (nSPS) is 10.9. The van der Waals surface area contributed by atoms with E-state index in [2.05, 4.69) is 4.85 Å². The lowest BCUT2D eigenvalue weighted by molar-refractivity contribution is 0.0284. The number of rotatable bonds is 5. The summed E-state index contributed by atoms with van der Waals surface area (Å²) in [5.74, 6) is 0.418. The first-order valence-corrected chi connectivity index (χ1v) is 9.81. The second kappa shape index (κ2) is 8.98. The summed E-state index contributed by atoms with van der Waals surface area (Å²) in [6.45, 7) is 12.8. The highest BCUT2D eigenvalue weighted by Crippen LogP contribution is 2.32. The third-order valence-electron chi connectivity index (χ3n) is 3.64. The van der Waals surface area contributed by atoms with E-state index in [-0.39, 0.29) is 12.4 Å². The Morgan fingerprint density at radius 3 is 2.54 bits per heavy atom.